The lowest BCUT2D eigenvalue weighted by Crippen LogP contribution is -2.42. The van der Waals surface area contributed by atoms with Crippen molar-refractivity contribution in [3.05, 3.63) is 59.0 Å². The van der Waals surface area contributed by atoms with Gasteiger partial charge >= 0.3 is 6.09 Å². The van der Waals surface area contributed by atoms with Gasteiger partial charge in [-0.2, -0.15) is 0 Å². The van der Waals surface area contributed by atoms with E-state index in [-0.39, 0.29) is 18.8 Å². The fraction of sp³-hybridized carbons (Fsp3) is 0.429. The lowest BCUT2D eigenvalue weighted by atomic mass is 9.92. The van der Waals surface area contributed by atoms with Gasteiger partial charge < -0.3 is 18.6 Å². The SMILES string of the molecule is [2H]C([2H])([2H])O[C@H]1CC[C@H](n2c([C@@H]3CCOC(=O)N3c3ccc(Cl)nc3)nc3cc(-c4c(C)noc4C)ccc32)CC1. The number of benzene rings is 1. The number of hydrogen-bond acceptors (Lipinski definition) is 7. The summed E-state index contributed by atoms with van der Waals surface area (Å²) < 4.78 is 40.9. The van der Waals surface area contributed by atoms with Crippen LogP contribution >= 0.6 is 11.6 Å². The Labute approximate surface area is 229 Å². The van der Waals surface area contributed by atoms with Gasteiger partial charge in [-0.15, -0.1) is 0 Å². The monoisotopic (exact) mass is 538 g/mol. The zero-order valence-electron chi connectivity index (χ0n) is 24.2. The summed E-state index contributed by atoms with van der Waals surface area (Å²) in [7, 11) is -2.42. The molecule has 4 aromatic rings. The molecule has 9 nitrogen and oxygen atoms in total. The Morgan fingerprint density at radius 2 is 1.97 bits per heavy atom. The number of aromatic nitrogens is 4. The van der Waals surface area contributed by atoms with E-state index in [2.05, 4.69) is 14.7 Å². The maximum atomic E-state index is 13.1. The van der Waals surface area contributed by atoms with Gasteiger partial charge in [0, 0.05) is 25.1 Å². The van der Waals surface area contributed by atoms with Gasteiger partial charge in [0.1, 0.15) is 22.8 Å². The fourth-order valence-electron chi connectivity index (χ4n) is 5.83. The van der Waals surface area contributed by atoms with Crippen molar-refractivity contribution < 1.29 is 22.9 Å². The highest BCUT2D eigenvalue weighted by atomic mass is 35.5. The Bertz CT molecular complexity index is 1560. The zero-order valence-corrected chi connectivity index (χ0v) is 21.9. The second kappa shape index (κ2) is 10.0. The normalized spacial score (nSPS) is 23.7. The molecule has 4 heterocycles. The van der Waals surface area contributed by atoms with Gasteiger partial charge in [0.25, 0.3) is 0 Å². The minimum absolute atomic E-state index is 0.0412. The van der Waals surface area contributed by atoms with Crippen LogP contribution in [0.3, 0.4) is 0 Å². The van der Waals surface area contributed by atoms with Crippen LogP contribution in [-0.2, 0) is 9.47 Å². The maximum Gasteiger partial charge on any atom is 0.415 e. The number of carbonyl (C=O) groups excluding carboxylic acids is 1. The molecule has 1 aromatic carbocycles. The van der Waals surface area contributed by atoms with Crippen LogP contribution in [0.2, 0.25) is 5.15 Å². The van der Waals surface area contributed by atoms with Gasteiger partial charge in [0.05, 0.1) is 45.4 Å². The van der Waals surface area contributed by atoms with E-state index in [9.17, 15) is 4.79 Å². The summed E-state index contributed by atoms with van der Waals surface area (Å²) in [4.78, 5) is 24.1. The highest BCUT2D eigenvalue weighted by molar-refractivity contribution is 6.29. The van der Waals surface area contributed by atoms with Crippen molar-refractivity contribution in [2.75, 3.05) is 18.5 Å². The number of aryl methyl sites for hydroxylation is 2. The number of fused-ring (bicyclic) bond motifs is 1. The standard InChI is InChI=1S/C28H30ClN5O4/c1-16-26(17(2)38-32-16)18-4-10-23-22(14-18)31-27(33(23)19-5-8-21(36-3)9-6-19)24-12-13-37-28(35)34(24)20-7-11-25(29)30-15-20/h4,7,10-11,14-15,19,21,24H,5-6,8-9,12-13H2,1-3H3/t19-,21-,24-/m0/s1/i3D3. The van der Waals surface area contributed by atoms with Crippen molar-refractivity contribution >= 4 is 34.4 Å². The van der Waals surface area contributed by atoms with Gasteiger partial charge in [-0.1, -0.05) is 22.8 Å². The minimum atomic E-state index is -2.42. The molecule has 10 heteroatoms. The molecule has 38 heavy (non-hydrogen) atoms. The number of cyclic esters (lactones) is 1. The number of rotatable bonds is 5. The topological polar surface area (TPSA) is 95.5 Å². The quantitative estimate of drug-likeness (QED) is 0.265. The lowest BCUT2D eigenvalue weighted by molar-refractivity contribution is 0.0582. The van der Waals surface area contributed by atoms with E-state index >= 15 is 0 Å². The smallest absolute Gasteiger partial charge is 0.415 e. The number of imidazole rings is 1. The molecule has 1 saturated heterocycles. The molecule has 3 aromatic heterocycles. The van der Waals surface area contributed by atoms with Crippen LogP contribution in [0.4, 0.5) is 10.5 Å². The molecule has 1 saturated carbocycles. The molecule has 6 rings (SSSR count). The van der Waals surface area contributed by atoms with Gasteiger partial charge in [-0.25, -0.2) is 14.8 Å². The lowest BCUT2D eigenvalue weighted by Gasteiger charge is -2.36. The maximum absolute atomic E-state index is 13.1. The molecule has 1 amide bonds. The molecule has 0 radical (unpaired) electrons. The van der Waals surface area contributed by atoms with Crippen LogP contribution < -0.4 is 4.90 Å². The predicted octanol–water partition coefficient (Wildman–Crippen LogP) is 6.57. The molecule has 0 spiro atoms. The van der Waals surface area contributed by atoms with Gasteiger partial charge in [-0.3, -0.25) is 4.90 Å². The summed E-state index contributed by atoms with van der Waals surface area (Å²) in [5.41, 5.74) is 4.96. The molecule has 1 aliphatic carbocycles. The van der Waals surface area contributed by atoms with E-state index in [1.54, 1.807) is 23.2 Å². The highest BCUT2D eigenvalue weighted by Crippen LogP contribution is 2.41. The molecule has 0 N–H and O–H groups in total. The molecule has 1 atom stereocenters. The number of amides is 1. The van der Waals surface area contributed by atoms with Crippen LogP contribution in [0.25, 0.3) is 22.2 Å². The summed E-state index contributed by atoms with van der Waals surface area (Å²) in [6.07, 6.45) is 3.93. The first-order valence-electron chi connectivity index (χ1n) is 14.3. The van der Waals surface area contributed by atoms with Crippen molar-refractivity contribution in [3.63, 3.8) is 0 Å². The second-order valence-corrected chi connectivity index (χ2v) is 10.3. The number of anilines is 1. The summed E-state index contributed by atoms with van der Waals surface area (Å²) in [5.74, 6) is 1.47. The fourth-order valence-corrected chi connectivity index (χ4v) is 5.94. The number of pyridine rings is 1. The number of methoxy groups -OCH3 is 1. The number of ether oxygens (including phenoxy) is 2. The number of hydrogen-bond donors (Lipinski definition) is 0. The van der Waals surface area contributed by atoms with Crippen molar-refractivity contribution in [2.45, 2.75) is 64.1 Å². The molecular weight excluding hydrogens is 506 g/mol. The van der Waals surface area contributed by atoms with Crippen molar-refractivity contribution in [1.29, 1.82) is 0 Å². The zero-order chi connectivity index (χ0) is 28.9. The first-order chi connectivity index (χ1) is 19.6. The Morgan fingerprint density at radius 1 is 1.13 bits per heavy atom. The van der Waals surface area contributed by atoms with Crippen LogP contribution in [-0.4, -0.2) is 45.5 Å². The molecule has 198 valence electrons. The predicted molar refractivity (Wildman–Crippen MR) is 143 cm³/mol. The van der Waals surface area contributed by atoms with Crippen LogP contribution in [0.5, 0.6) is 0 Å². The molecular formula is C28H30ClN5O4. The van der Waals surface area contributed by atoms with E-state index in [0.29, 0.717) is 42.9 Å². The Balaban J connectivity index is 1.45. The summed E-state index contributed by atoms with van der Waals surface area (Å²) >= 11 is 6.03. The number of halogens is 1. The second-order valence-electron chi connectivity index (χ2n) is 9.92. The third-order valence-corrected chi connectivity index (χ3v) is 7.85. The summed E-state index contributed by atoms with van der Waals surface area (Å²) in [6, 6.07) is 9.13. The molecule has 1 aliphatic heterocycles. The Kier molecular flexibility index (Phi) is 5.68. The first-order valence-corrected chi connectivity index (χ1v) is 13.2. The van der Waals surface area contributed by atoms with E-state index < -0.39 is 19.2 Å². The van der Waals surface area contributed by atoms with E-state index in [0.717, 1.165) is 39.4 Å². The minimum Gasteiger partial charge on any atom is -0.449 e. The third kappa shape index (κ3) is 4.33. The van der Waals surface area contributed by atoms with Crippen LogP contribution in [0.1, 0.15) is 65.6 Å². The summed E-state index contributed by atoms with van der Waals surface area (Å²) in [6.45, 7) is 4.05. The van der Waals surface area contributed by atoms with E-state index in [1.807, 2.05) is 32.0 Å². The van der Waals surface area contributed by atoms with E-state index in [1.165, 1.54) is 0 Å². The molecule has 0 unspecified atom stereocenters. The Hall–Kier alpha value is -3.43. The summed E-state index contributed by atoms with van der Waals surface area (Å²) in [5, 5.41) is 4.43. The van der Waals surface area contributed by atoms with Gasteiger partial charge in [-0.05, 0) is 69.4 Å². The van der Waals surface area contributed by atoms with Gasteiger partial charge in [0.2, 0.25) is 0 Å². The average Bonchev–Trinajstić information content (AvgIpc) is 3.47. The van der Waals surface area contributed by atoms with Crippen molar-refractivity contribution in [2.24, 2.45) is 0 Å². The van der Waals surface area contributed by atoms with Crippen LogP contribution in [0.15, 0.2) is 41.1 Å². The van der Waals surface area contributed by atoms with E-state index in [4.69, 9.17) is 34.7 Å². The van der Waals surface area contributed by atoms with Crippen molar-refractivity contribution in [1.82, 2.24) is 19.7 Å². The first kappa shape index (κ1) is 21.5. The van der Waals surface area contributed by atoms with Crippen LogP contribution in [0, 0.1) is 13.8 Å². The largest absolute Gasteiger partial charge is 0.449 e. The number of carbonyl (C=O) groups is 1. The molecule has 2 aliphatic rings. The van der Waals surface area contributed by atoms with Crippen molar-refractivity contribution in [3.8, 4) is 11.1 Å². The molecule has 2 fully saturated rings. The third-order valence-electron chi connectivity index (χ3n) is 7.63. The van der Waals surface area contributed by atoms with Gasteiger partial charge in [0.15, 0.2) is 0 Å². The number of nitrogens with zero attached hydrogens (tertiary/aromatic N) is 5. The average molecular weight is 539 g/mol. The highest BCUT2D eigenvalue weighted by Gasteiger charge is 2.37. The molecule has 0 bridgehead atoms. The Morgan fingerprint density at radius 3 is 2.68 bits per heavy atom.